The van der Waals surface area contributed by atoms with Crippen molar-refractivity contribution in [2.75, 3.05) is 5.32 Å². The van der Waals surface area contributed by atoms with Gasteiger partial charge in [0.15, 0.2) is 0 Å². The Kier molecular flexibility index (Phi) is 4.12. The molecule has 0 saturated carbocycles. The van der Waals surface area contributed by atoms with Crippen molar-refractivity contribution in [1.29, 1.82) is 0 Å². The van der Waals surface area contributed by atoms with Gasteiger partial charge in [-0.3, -0.25) is 4.79 Å². The van der Waals surface area contributed by atoms with Crippen LogP contribution in [0.15, 0.2) is 17.5 Å². The third-order valence-corrected chi connectivity index (χ3v) is 3.49. The lowest BCUT2D eigenvalue weighted by Crippen LogP contribution is -2.18. The van der Waals surface area contributed by atoms with Gasteiger partial charge in [0.25, 0.3) is 5.91 Å². The van der Waals surface area contributed by atoms with Crippen LogP contribution < -0.4 is 11.1 Å². The van der Waals surface area contributed by atoms with Crippen LogP contribution in [-0.4, -0.2) is 15.9 Å². The second kappa shape index (κ2) is 5.68. The molecule has 0 bridgehead atoms. The zero-order valence-corrected chi connectivity index (χ0v) is 11.7. The van der Waals surface area contributed by atoms with Crippen LogP contribution in [0.5, 0.6) is 0 Å². The Balaban J connectivity index is 2.28. The molecule has 0 atom stereocenters. The topological polar surface area (TPSA) is 80.9 Å². The second-order valence-corrected chi connectivity index (χ2v) is 5.13. The highest BCUT2D eigenvalue weighted by atomic mass is 32.1. The molecule has 3 N–H and O–H groups in total. The van der Waals surface area contributed by atoms with Gasteiger partial charge in [-0.25, -0.2) is 9.97 Å². The van der Waals surface area contributed by atoms with Crippen molar-refractivity contribution in [3.63, 3.8) is 0 Å². The number of rotatable bonds is 4. The van der Waals surface area contributed by atoms with Gasteiger partial charge in [-0.15, -0.1) is 11.3 Å². The van der Waals surface area contributed by atoms with Gasteiger partial charge >= 0.3 is 6.18 Å². The number of hydrogen-bond donors (Lipinski definition) is 2. The minimum Gasteiger partial charge on any atom is -0.365 e. The maximum atomic E-state index is 12.7. The number of primary amides is 1. The summed E-state index contributed by atoms with van der Waals surface area (Å²) in [5.41, 5.74) is 4.75. The van der Waals surface area contributed by atoms with Crippen LogP contribution in [-0.2, 0) is 12.7 Å². The van der Waals surface area contributed by atoms with Crippen molar-refractivity contribution in [3.8, 4) is 0 Å². The quantitative estimate of drug-likeness (QED) is 0.908. The molecule has 2 aromatic heterocycles. The molecule has 21 heavy (non-hydrogen) atoms. The fraction of sp³-hybridized carbons (Fsp3) is 0.250. The Morgan fingerprint density at radius 3 is 2.62 bits per heavy atom. The Hall–Kier alpha value is -2.16. The highest BCUT2D eigenvalue weighted by Gasteiger charge is 2.33. The summed E-state index contributed by atoms with van der Waals surface area (Å²) in [5.74, 6) is -1.06. The number of carbonyl (C=O) groups is 1. The van der Waals surface area contributed by atoms with E-state index in [1.807, 2.05) is 5.38 Å². The number of nitrogens with one attached hydrogen (secondary N) is 1. The first-order valence-corrected chi connectivity index (χ1v) is 6.68. The van der Waals surface area contributed by atoms with Gasteiger partial charge < -0.3 is 11.1 Å². The van der Waals surface area contributed by atoms with E-state index in [-0.39, 0.29) is 17.9 Å². The van der Waals surface area contributed by atoms with Gasteiger partial charge in [0, 0.05) is 11.1 Å². The molecule has 0 aliphatic carbocycles. The van der Waals surface area contributed by atoms with Gasteiger partial charge in [0.1, 0.15) is 16.5 Å². The first kappa shape index (κ1) is 15.2. The van der Waals surface area contributed by atoms with Crippen molar-refractivity contribution in [2.45, 2.75) is 19.6 Å². The van der Waals surface area contributed by atoms with E-state index in [0.717, 1.165) is 17.8 Å². The summed E-state index contributed by atoms with van der Waals surface area (Å²) in [4.78, 5) is 18.8. The summed E-state index contributed by atoms with van der Waals surface area (Å²) < 4.78 is 38.0. The number of aromatic nitrogens is 2. The lowest BCUT2D eigenvalue weighted by atomic mass is 10.2. The summed E-state index contributed by atoms with van der Waals surface area (Å²) in [7, 11) is 0. The summed E-state index contributed by atoms with van der Waals surface area (Å²) in [6.07, 6.45) is -4.59. The maximum absolute atomic E-state index is 12.7. The molecular formula is C12H11F3N4OS. The first-order valence-electron chi connectivity index (χ1n) is 5.80. The molecule has 0 radical (unpaired) electrons. The van der Waals surface area contributed by atoms with E-state index in [9.17, 15) is 18.0 Å². The Bertz CT molecular complexity index is 669. The van der Waals surface area contributed by atoms with Gasteiger partial charge in [-0.05, 0) is 19.1 Å². The maximum Gasteiger partial charge on any atom is 0.433 e. The Morgan fingerprint density at radius 2 is 2.10 bits per heavy atom. The zero-order valence-electron chi connectivity index (χ0n) is 10.9. The normalized spacial score (nSPS) is 11.4. The largest absolute Gasteiger partial charge is 0.433 e. The standard InChI is InChI=1S/C12H11F3N4OS/c1-6-5-21-9(18-6)4-17-11-7(10(16)20)2-3-8(19-11)12(13,14)15/h2-3,5H,4H2,1H3,(H2,16,20)(H,17,19). The smallest absolute Gasteiger partial charge is 0.365 e. The molecular weight excluding hydrogens is 305 g/mol. The number of amides is 1. The number of pyridine rings is 1. The number of nitrogens with two attached hydrogens (primary N) is 1. The van der Waals surface area contributed by atoms with Crippen molar-refractivity contribution in [3.05, 3.63) is 39.5 Å². The molecule has 0 unspecified atom stereocenters. The first-order chi connectivity index (χ1) is 9.77. The molecule has 1 amide bonds. The van der Waals surface area contributed by atoms with Crippen molar-refractivity contribution < 1.29 is 18.0 Å². The highest BCUT2D eigenvalue weighted by Crippen LogP contribution is 2.29. The van der Waals surface area contributed by atoms with Gasteiger partial charge in [-0.2, -0.15) is 13.2 Å². The SMILES string of the molecule is Cc1csc(CNc2nc(C(F)(F)F)ccc2C(N)=O)n1. The van der Waals surface area contributed by atoms with Crippen molar-refractivity contribution in [2.24, 2.45) is 5.73 Å². The molecule has 9 heteroatoms. The Labute approximate surface area is 122 Å². The van der Waals surface area contributed by atoms with Crippen LogP contribution in [0.1, 0.15) is 26.8 Å². The molecule has 0 fully saturated rings. The molecule has 2 aromatic rings. The summed E-state index contributed by atoms with van der Waals surface area (Å²) in [5, 5.41) is 5.15. The monoisotopic (exact) mass is 316 g/mol. The molecule has 2 rings (SSSR count). The van der Waals surface area contributed by atoms with Gasteiger partial charge in [-0.1, -0.05) is 0 Å². The minimum atomic E-state index is -4.59. The third-order valence-electron chi connectivity index (χ3n) is 2.52. The third kappa shape index (κ3) is 3.69. The predicted molar refractivity (Wildman–Crippen MR) is 71.9 cm³/mol. The number of halogens is 3. The molecule has 0 spiro atoms. The summed E-state index contributed by atoms with van der Waals surface area (Å²) in [6, 6.07) is 1.73. The van der Waals surface area contributed by atoms with E-state index in [1.54, 1.807) is 6.92 Å². The van der Waals surface area contributed by atoms with E-state index >= 15 is 0 Å². The van der Waals surface area contributed by atoms with Gasteiger partial charge in [0.05, 0.1) is 12.1 Å². The molecule has 2 heterocycles. The van der Waals surface area contributed by atoms with Crippen molar-refractivity contribution >= 4 is 23.1 Å². The molecule has 0 aliphatic heterocycles. The van der Waals surface area contributed by atoms with Crippen LogP contribution in [0.4, 0.5) is 19.0 Å². The van der Waals surface area contributed by atoms with Gasteiger partial charge in [0.2, 0.25) is 0 Å². The lowest BCUT2D eigenvalue weighted by Gasteiger charge is -2.11. The van der Waals surface area contributed by atoms with Crippen molar-refractivity contribution in [1.82, 2.24) is 9.97 Å². The van der Waals surface area contributed by atoms with E-state index in [0.29, 0.717) is 5.01 Å². The lowest BCUT2D eigenvalue weighted by molar-refractivity contribution is -0.141. The molecule has 0 saturated heterocycles. The fourth-order valence-electron chi connectivity index (χ4n) is 1.59. The zero-order chi connectivity index (χ0) is 15.6. The van der Waals surface area contributed by atoms with E-state index < -0.39 is 17.8 Å². The van der Waals surface area contributed by atoms with Crippen LogP contribution in [0.25, 0.3) is 0 Å². The van der Waals surface area contributed by atoms with Crippen LogP contribution in [0.3, 0.4) is 0 Å². The predicted octanol–water partition coefficient (Wildman–Crippen LogP) is 2.58. The average Bonchev–Trinajstić information content (AvgIpc) is 2.80. The highest BCUT2D eigenvalue weighted by molar-refractivity contribution is 7.09. The number of hydrogen-bond acceptors (Lipinski definition) is 5. The molecule has 0 aromatic carbocycles. The number of alkyl halides is 3. The van der Waals surface area contributed by atoms with Crippen LogP contribution in [0.2, 0.25) is 0 Å². The number of nitrogens with zero attached hydrogens (tertiary/aromatic N) is 2. The van der Waals surface area contributed by atoms with E-state index in [2.05, 4.69) is 15.3 Å². The summed E-state index contributed by atoms with van der Waals surface area (Å²) >= 11 is 1.35. The number of aryl methyl sites for hydroxylation is 1. The second-order valence-electron chi connectivity index (χ2n) is 4.19. The molecule has 5 nitrogen and oxygen atoms in total. The average molecular weight is 316 g/mol. The number of anilines is 1. The number of carbonyl (C=O) groups excluding carboxylic acids is 1. The molecule has 112 valence electrons. The fourth-order valence-corrected chi connectivity index (χ4v) is 2.31. The van der Waals surface area contributed by atoms with Crippen LogP contribution >= 0.6 is 11.3 Å². The summed E-state index contributed by atoms with van der Waals surface area (Å²) in [6.45, 7) is 1.96. The van der Waals surface area contributed by atoms with E-state index in [4.69, 9.17) is 5.73 Å². The van der Waals surface area contributed by atoms with Crippen LogP contribution in [0, 0.1) is 6.92 Å². The molecule has 0 aliphatic rings. The Morgan fingerprint density at radius 1 is 1.38 bits per heavy atom. The van der Waals surface area contributed by atoms with E-state index in [1.165, 1.54) is 11.3 Å². The minimum absolute atomic E-state index is 0.101. The number of thiazole rings is 1.